The van der Waals surface area contributed by atoms with Gasteiger partial charge in [-0.1, -0.05) is 22.9 Å². The average molecular weight is 309 g/mol. The van der Waals surface area contributed by atoms with Crippen molar-refractivity contribution in [2.24, 2.45) is 0 Å². The molecule has 2 rings (SSSR count). The molecule has 1 aromatic carbocycles. The zero-order chi connectivity index (χ0) is 14.5. The Hall–Kier alpha value is -2.18. The number of anilines is 1. The first kappa shape index (κ1) is 14.2. The second kappa shape index (κ2) is 6.31. The lowest BCUT2D eigenvalue weighted by atomic mass is 10.2. The van der Waals surface area contributed by atoms with Crippen LogP contribution in [-0.2, 0) is 4.79 Å². The lowest BCUT2D eigenvalue weighted by Gasteiger charge is -2.01. The number of carbonyl (C=O) groups is 2. The van der Waals surface area contributed by atoms with E-state index >= 15 is 0 Å². The molecular weight excluding hydrogens is 300 g/mol. The normalized spacial score (nSPS) is 10.7. The summed E-state index contributed by atoms with van der Waals surface area (Å²) in [7, 11) is 0. The Morgan fingerprint density at radius 2 is 2.00 bits per heavy atom. The Labute approximate surface area is 123 Å². The number of benzene rings is 1. The van der Waals surface area contributed by atoms with Crippen molar-refractivity contribution in [3.8, 4) is 0 Å². The van der Waals surface area contributed by atoms with Gasteiger partial charge in [0.2, 0.25) is 0 Å². The number of aliphatic carboxylic acids is 1. The average Bonchev–Trinajstić information content (AvgIpc) is 2.84. The molecule has 0 aliphatic rings. The van der Waals surface area contributed by atoms with Crippen molar-refractivity contribution in [1.29, 1.82) is 0 Å². The molecule has 0 aliphatic heterocycles. The molecule has 2 aromatic rings. The second-order valence-corrected chi connectivity index (χ2v) is 5.20. The third-order valence-electron chi connectivity index (χ3n) is 2.24. The van der Waals surface area contributed by atoms with Crippen LogP contribution in [0.1, 0.15) is 15.2 Å². The maximum Gasteiger partial charge on any atom is 0.328 e. The second-order valence-electron chi connectivity index (χ2n) is 3.70. The van der Waals surface area contributed by atoms with Gasteiger partial charge in [-0.05, 0) is 30.3 Å². The molecule has 0 aliphatic carbocycles. The summed E-state index contributed by atoms with van der Waals surface area (Å²) in [4.78, 5) is 26.9. The lowest BCUT2D eigenvalue weighted by Crippen LogP contribution is -2.11. The fourth-order valence-corrected chi connectivity index (χ4v) is 2.19. The molecule has 0 fully saturated rings. The van der Waals surface area contributed by atoms with Crippen LogP contribution in [0.3, 0.4) is 0 Å². The third-order valence-corrected chi connectivity index (χ3v) is 3.37. The first-order valence-electron chi connectivity index (χ1n) is 5.48. The van der Waals surface area contributed by atoms with Gasteiger partial charge in [0, 0.05) is 27.7 Å². The predicted molar refractivity (Wildman–Crippen MR) is 78.2 cm³/mol. The highest BCUT2D eigenvalue weighted by atomic mass is 35.5. The maximum absolute atomic E-state index is 11.9. The molecule has 0 spiro atoms. The van der Waals surface area contributed by atoms with Gasteiger partial charge in [0.1, 0.15) is 0 Å². The standard InChI is InChI=1S/C13H9ClN2O3S/c14-9-3-1-8(2-4-9)12(19)16-13-15-7-10(20-13)5-6-11(17)18/h1-7H,(H,17,18)(H,15,16,19). The van der Waals surface area contributed by atoms with Gasteiger partial charge in [0.25, 0.3) is 5.91 Å². The Morgan fingerprint density at radius 3 is 2.65 bits per heavy atom. The zero-order valence-electron chi connectivity index (χ0n) is 10.0. The van der Waals surface area contributed by atoms with E-state index in [1.165, 1.54) is 23.6 Å². The molecule has 2 N–H and O–H groups in total. The smallest absolute Gasteiger partial charge is 0.328 e. The van der Waals surface area contributed by atoms with Crippen molar-refractivity contribution in [3.05, 3.63) is 52.0 Å². The topological polar surface area (TPSA) is 79.3 Å². The number of carboxylic acid groups (broad SMARTS) is 1. The van der Waals surface area contributed by atoms with Crippen molar-refractivity contribution in [2.75, 3.05) is 5.32 Å². The van der Waals surface area contributed by atoms with Crippen LogP contribution >= 0.6 is 22.9 Å². The molecule has 5 nitrogen and oxygen atoms in total. The van der Waals surface area contributed by atoms with E-state index in [1.54, 1.807) is 24.3 Å². The Balaban J connectivity index is 2.05. The molecule has 102 valence electrons. The van der Waals surface area contributed by atoms with Gasteiger partial charge in [0.05, 0.1) is 0 Å². The van der Waals surface area contributed by atoms with Crippen LogP contribution in [0, 0.1) is 0 Å². The molecule has 1 amide bonds. The van der Waals surface area contributed by atoms with Crippen molar-refractivity contribution in [3.63, 3.8) is 0 Å². The number of nitrogens with one attached hydrogen (secondary N) is 1. The van der Waals surface area contributed by atoms with Gasteiger partial charge in [-0.25, -0.2) is 9.78 Å². The molecule has 0 atom stereocenters. The van der Waals surface area contributed by atoms with E-state index in [1.807, 2.05) is 0 Å². The van der Waals surface area contributed by atoms with E-state index in [9.17, 15) is 9.59 Å². The molecule has 20 heavy (non-hydrogen) atoms. The summed E-state index contributed by atoms with van der Waals surface area (Å²) < 4.78 is 0. The summed E-state index contributed by atoms with van der Waals surface area (Å²) in [5, 5.41) is 12.1. The highest BCUT2D eigenvalue weighted by Crippen LogP contribution is 2.20. The lowest BCUT2D eigenvalue weighted by molar-refractivity contribution is -0.131. The first-order chi connectivity index (χ1) is 9.54. The van der Waals surface area contributed by atoms with Gasteiger partial charge in [0.15, 0.2) is 5.13 Å². The third kappa shape index (κ3) is 3.91. The quantitative estimate of drug-likeness (QED) is 0.850. The molecule has 1 aromatic heterocycles. The minimum atomic E-state index is -1.04. The molecule has 0 saturated heterocycles. The highest BCUT2D eigenvalue weighted by Gasteiger charge is 2.08. The van der Waals surface area contributed by atoms with Crippen LogP contribution in [0.4, 0.5) is 5.13 Å². The number of rotatable bonds is 4. The summed E-state index contributed by atoms with van der Waals surface area (Å²) in [5.41, 5.74) is 0.465. The largest absolute Gasteiger partial charge is 0.478 e. The number of amides is 1. The molecule has 0 saturated carbocycles. The summed E-state index contributed by atoms with van der Waals surface area (Å²) >= 11 is 6.92. The first-order valence-corrected chi connectivity index (χ1v) is 6.68. The fraction of sp³-hybridized carbons (Fsp3) is 0. The highest BCUT2D eigenvalue weighted by molar-refractivity contribution is 7.16. The van der Waals surface area contributed by atoms with Crippen LogP contribution in [0.15, 0.2) is 36.5 Å². The summed E-state index contributed by atoms with van der Waals surface area (Å²) in [6.07, 6.45) is 3.91. The number of nitrogens with zero attached hydrogens (tertiary/aromatic N) is 1. The van der Waals surface area contributed by atoms with E-state index in [0.717, 1.165) is 6.08 Å². The van der Waals surface area contributed by atoms with Crippen molar-refractivity contribution in [2.45, 2.75) is 0 Å². The van der Waals surface area contributed by atoms with Gasteiger partial charge < -0.3 is 5.11 Å². The van der Waals surface area contributed by atoms with E-state index in [4.69, 9.17) is 16.7 Å². The number of hydrogen-bond donors (Lipinski definition) is 2. The monoisotopic (exact) mass is 308 g/mol. The van der Waals surface area contributed by atoms with Crippen molar-refractivity contribution in [1.82, 2.24) is 4.98 Å². The summed E-state index contributed by atoms with van der Waals surface area (Å²) in [5.74, 6) is -1.34. The van der Waals surface area contributed by atoms with E-state index < -0.39 is 5.97 Å². The minimum Gasteiger partial charge on any atom is -0.478 e. The number of aromatic nitrogens is 1. The Morgan fingerprint density at radius 1 is 1.30 bits per heavy atom. The number of carbonyl (C=O) groups excluding carboxylic acids is 1. The molecule has 0 radical (unpaired) electrons. The van der Waals surface area contributed by atoms with E-state index in [2.05, 4.69) is 10.3 Å². The zero-order valence-corrected chi connectivity index (χ0v) is 11.6. The van der Waals surface area contributed by atoms with Crippen molar-refractivity contribution >= 4 is 46.0 Å². The van der Waals surface area contributed by atoms with Crippen LogP contribution in [0.2, 0.25) is 5.02 Å². The number of thiazole rings is 1. The van der Waals surface area contributed by atoms with Crippen LogP contribution < -0.4 is 5.32 Å². The number of carboxylic acids is 1. The number of halogens is 1. The maximum atomic E-state index is 11.9. The van der Waals surface area contributed by atoms with Gasteiger partial charge in [-0.15, -0.1) is 0 Å². The molecule has 7 heteroatoms. The van der Waals surface area contributed by atoms with Crippen LogP contribution in [0.25, 0.3) is 6.08 Å². The van der Waals surface area contributed by atoms with Gasteiger partial charge >= 0.3 is 5.97 Å². The fourth-order valence-electron chi connectivity index (χ4n) is 1.35. The predicted octanol–water partition coefficient (Wildman–Crippen LogP) is 3.15. The Kier molecular flexibility index (Phi) is 4.49. The van der Waals surface area contributed by atoms with Crippen LogP contribution in [0.5, 0.6) is 0 Å². The molecule has 0 bridgehead atoms. The Bertz CT molecular complexity index is 665. The molecule has 1 heterocycles. The van der Waals surface area contributed by atoms with E-state index in [0.29, 0.717) is 20.6 Å². The van der Waals surface area contributed by atoms with Gasteiger partial charge in [-0.2, -0.15) is 0 Å². The number of hydrogen-bond acceptors (Lipinski definition) is 4. The summed E-state index contributed by atoms with van der Waals surface area (Å²) in [6.45, 7) is 0. The summed E-state index contributed by atoms with van der Waals surface area (Å²) in [6, 6.07) is 6.46. The SMILES string of the molecule is O=C(O)C=Cc1cnc(NC(=O)c2ccc(Cl)cc2)s1. The van der Waals surface area contributed by atoms with Crippen molar-refractivity contribution < 1.29 is 14.7 Å². The molecular formula is C13H9ClN2O3S. The molecule has 0 unspecified atom stereocenters. The van der Waals surface area contributed by atoms with E-state index in [-0.39, 0.29) is 5.91 Å². The van der Waals surface area contributed by atoms with Gasteiger partial charge in [-0.3, -0.25) is 10.1 Å². The van der Waals surface area contributed by atoms with Crippen LogP contribution in [-0.4, -0.2) is 22.0 Å². The minimum absolute atomic E-state index is 0.301.